The van der Waals surface area contributed by atoms with E-state index < -0.39 is 0 Å². The van der Waals surface area contributed by atoms with Crippen molar-refractivity contribution in [2.45, 2.75) is 13.2 Å². The molecular weight excluding hydrogens is 392 g/mol. The second kappa shape index (κ2) is 10.2. The summed E-state index contributed by atoms with van der Waals surface area (Å²) in [6, 6.07) is 27.2. The number of carbonyl (C=O) groups excluding carboxylic acids is 1. The van der Waals surface area contributed by atoms with Gasteiger partial charge < -0.3 is 14.5 Å². The van der Waals surface area contributed by atoms with Gasteiger partial charge in [-0.25, -0.2) is 0 Å². The van der Waals surface area contributed by atoms with Gasteiger partial charge in [-0.3, -0.25) is 10.1 Å². The van der Waals surface area contributed by atoms with Gasteiger partial charge in [0.05, 0.1) is 6.54 Å². The van der Waals surface area contributed by atoms with Crippen molar-refractivity contribution in [3.63, 3.8) is 0 Å². The number of carbonyl (C=O) groups is 1. The summed E-state index contributed by atoms with van der Waals surface area (Å²) in [5.74, 6) is 0.808. The van der Waals surface area contributed by atoms with Crippen LogP contribution in [0.3, 0.4) is 0 Å². The molecule has 7 nitrogen and oxygen atoms in total. The predicted molar refractivity (Wildman–Crippen MR) is 117 cm³/mol. The molecule has 0 spiro atoms. The number of nitrogens with zero attached hydrogens (tertiary/aromatic N) is 2. The Hall–Kier alpha value is -3.97. The Bertz CT molecular complexity index is 1100. The molecular formula is C24H22N4O3. The number of rotatable bonds is 9. The average Bonchev–Trinajstić information content (AvgIpc) is 3.28. The van der Waals surface area contributed by atoms with E-state index in [-0.39, 0.29) is 18.5 Å². The average molecular weight is 414 g/mol. The summed E-state index contributed by atoms with van der Waals surface area (Å²) in [6.45, 7) is 1.23. The molecule has 156 valence electrons. The molecule has 4 rings (SSSR count). The molecule has 0 fully saturated rings. The van der Waals surface area contributed by atoms with E-state index in [2.05, 4.69) is 20.8 Å². The molecule has 0 atom stereocenters. The summed E-state index contributed by atoms with van der Waals surface area (Å²) >= 11 is 0. The van der Waals surface area contributed by atoms with E-state index in [9.17, 15) is 4.79 Å². The number of benzene rings is 3. The van der Waals surface area contributed by atoms with Gasteiger partial charge in [0, 0.05) is 12.1 Å². The number of aromatic nitrogens is 2. The number of ether oxygens (including phenoxy) is 1. The van der Waals surface area contributed by atoms with E-state index in [4.69, 9.17) is 9.15 Å². The van der Waals surface area contributed by atoms with Gasteiger partial charge in [0.2, 0.25) is 11.8 Å². The van der Waals surface area contributed by atoms with E-state index in [1.54, 1.807) is 0 Å². The van der Waals surface area contributed by atoms with Crippen molar-refractivity contribution in [1.82, 2.24) is 15.5 Å². The Labute approximate surface area is 180 Å². The van der Waals surface area contributed by atoms with Crippen LogP contribution in [-0.2, 0) is 17.9 Å². The second-order valence-electron chi connectivity index (χ2n) is 6.85. The van der Waals surface area contributed by atoms with Crippen LogP contribution < -0.4 is 15.4 Å². The number of amides is 1. The lowest BCUT2D eigenvalue weighted by molar-refractivity contribution is -0.115. The minimum atomic E-state index is -0.254. The summed E-state index contributed by atoms with van der Waals surface area (Å²) in [5, 5.41) is 13.6. The van der Waals surface area contributed by atoms with Crippen molar-refractivity contribution < 1.29 is 13.9 Å². The minimum Gasteiger partial charge on any atom is -0.489 e. The van der Waals surface area contributed by atoms with Crippen LogP contribution in [-0.4, -0.2) is 22.6 Å². The van der Waals surface area contributed by atoms with Gasteiger partial charge in [0.15, 0.2) is 0 Å². The van der Waals surface area contributed by atoms with Gasteiger partial charge in [-0.1, -0.05) is 65.8 Å². The molecule has 0 bridgehead atoms. The van der Waals surface area contributed by atoms with Crippen LogP contribution in [0.1, 0.15) is 11.1 Å². The van der Waals surface area contributed by atoms with Crippen molar-refractivity contribution >= 4 is 11.9 Å². The highest BCUT2D eigenvalue weighted by atomic mass is 16.5. The molecule has 1 amide bonds. The first-order valence-electron chi connectivity index (χ1n) is 9.91. The molecule has 0 saturated carbocycles. The number of nitrogens with one attached hydrogen (secondary N) is 2. The molecule has 31 heavy (non-hydrogen) atoms. The first-order chi connectivity index (χ1) is 15.3. The third-order valence-electron chi connectivity index (χ3n) is 4.48. The van der Waals surface area contributed by atoms with Crippen molar-refractivity contribution in [3.8, 4) is 17.2 Å². The third kappa shape index (κ3) is 6.01. The summed E-state index contributed by atoms with van der Waals surface area (Å²) in [6.07, 6.45) is 0. The molecule has 0 unspecified atom stereocenters. The SMILES string of the molecule is O=C(CNCc1ccccc1)Nc1nnc(-c2ccc(OCc3ccccc3)cc2)o1. The smallest absolute Gasteiger partial charge is 0.322 e. The highest BCUT2D eigenvalue weighted by Gasteiger charge is 2.11. The molecule has 3 aromatic carbocycles. The van der Waals surface area contributed by atoms with Gasteiger partial charge >= 0.3 is 6.01 Å². The van der Waals surface area contributed by atoms with Crippen LogP contribution in [0, 0.1) is 0 Å². The maximum Gasteiger partial charge on any atom is 0.322 e. The van der Waals surface area contributed by atoms with Crippen LogP contribution in [0.2, 0.25) is 0 Å². The Kier molecular flexibility index (Phi) is 6.67. The van der Waals surface area contributed by atoms with E-state index in [0.29, 0.717) is 19.0 Å². The highest BCUT2D eigenvalue weighted by molar-refractivity contribution is 5.90. The molecule has 1 aromatic heterocycles. The summed E-state index contributed by atoms with van der Waals surface area (Å²) < 4.78 is 11.3. The lowest BCUT2D eigenvalue weighted by Gasteiger charge is -2.06. The fourth-order valence-electron chi connectivity index (χ4n) is 2.90. The molecule has 0 saturated heterocycles. The quantitative estimate of drug-likeness (QED) is 0.430. The van der Waals surface area contributed by atoms with E-state index in [1.165, 1.54) is 0 Å². The van der Waals surface area contributed by atoms with Crippen LogP contribution in [0.5, 0.6) is 5.75 Å². The number of hydrogen-bond donors (Lipinski definition) is 2. The molecule has 0 aliphatic rings. The summed E-state index contributed by atoms with van der Waals surface area (Å²) in [4.78, 5) is 12.1. The van der Waals surface area contributed by atoms with Crippen molar-refractivity contribution in [2.75, 3.05) is 11.9 Å². The van der Waals surface area contributed by atoms with Crippen LogP contribution in [0.15, 0.2) is 89.3 Å². The van der Waals surface area contributed by atoms with Gasteiger partial charge in [-0.15, -0.1) is 5.10 Å². The zero-order valence-corrected chi connectivity index (χ0v) is 16.8. The van der Waals surface area contributed by atoms with Gasteiger partial charge in [0.25, 0.3) is 0 Å². The Morgan fingerprint density at radius 3 is 2.23 bits per heavy atom. The fourth-order valence-corrected chi connectivity index (χ4v) is 2.90. The Morgan fingerprint density at radius 2 is 1.52 bits per heavy atom. The van der Waals surface area contributed by atoms with Crippen molar-refractivity contribution in [1.29, 1.82) is 0 Å². The lowest BCUT2D eigenvalue weighted by atomic mass is 10.2. The normalized spacial score (nSPS) is 10.6. The van der Waals surface area contributed by atoms with Gasteiger partial charge in [0.1, 0.15) is 12.4 Å². The monoisotopic (exact) mass is 414 g/mol. The van der Waals surface area contributed by atoms with E-state index in [1.807, 2.05) is 84.9 Å². The Balaban J connectivity index is 1.26. The standard InChI is InChI=1S/C24H22N4O3/c29-22(16-25-15-18-7-3-1-4-8-18)26-24-28-27-23(31-24)20-11-13-21(14-12-20)30-17-19-9-5-2-6-10-19/h1-14,25H,15-17H2,(H,26,28,29). The van der Waals surface area contributed by atoms with Gasteiger partial charge in [-0.05, 0) is 35.4 Å². The molecule has 0 aliphatic heterocycles. The minimum absolute atomic E-state index is 0.0610. The molecule has 0 radical (unpaired) electrons. The molecule has 1 heterocycles. The highest BCUT2D eigenvalue weighted by Crippen LogP contribution is 2.23. The number of anilines is 1. The molecule has 0 aliphatic carbocycles. The fraction of sp³-hybridized carbons (Fsp3) is 0.125. The predicted octanol–water partition coefficient (Wildman–Crippen LogP) is 4.04. The first-order valence-corrected chi connectivity index (χ1v) is 9.91. The van der Waals surface area contributed by atoms with E-state index >= 15 is 0 Å². The van der Waals surface area contributed by atoms with Crippen molar-refractivity contribution in [3.05, 3.63) is 96.1 Å². The maximum absolute atomic E-state index is 12.1. The zero-order chi connectivity index (χ0) is 21.3. The molecule has 2 N–H and O–H groups in total. The second-order valence-corrected chi connectivity index (χ2v) is 6.85. The first kappa shape index (κ1) is 20.3. The van der Waals surface area contributed by atoms with Crippen LogP contribution in [0.4, 0.5) is 6.01 Å². The van der Waals surface area contributed by atoms with Gasteiger partial charge in [-0.2, -0.15) is 0 Å². The Morgan fingerprint density at radius 1 is 0.839 bits per heavy atom. The number of hydrogen-bond acceptors (Lipinski definition) is 6. The summed E-state index contributed by atoms with van der Waals surface area (Å²) in [7, 11) is 0. The van der Waals surface area contributed by atoms with E-state index in [0.717, 1.165) is 22.4 Å². The third-order valence-corrected chi connectivity index (χ3v) is 4.48. The molecule has 4 aromatic rings. The topological polar surface area (TPSA) is 89.3 Å². The maximum atomic E-state index is 12.1. The molecule has 7 heteroatoms. The largest absolute Gasteiger partial charge is 0.489 e. The lowest BCUT2D eigenvalue weighted by Crippen LogP contribution is -2.27. The van der Waals surface area contributed by atoms with Crippen LogP contribution in [0.25, 0.3) is 11.5 Å². The zero-order valence-electron chi connectivity index (χ0n) is 16.8. The van der Waals surface area contributed by atoms with Crippen molar-refractivity contribution in [2.24, 2.45) is 0 Å². The summed E-state index contributed by atoms with van der Waals surface area (Å²) in [5.41, 5.74) is 2.94. The van der Waals surface area contributed by atoms with Crippen LogP contribution >= 0.6 is 0 Å².